The number of piperidine rings is 1. The van der Waals surface area contributed by atoms with Crippen LogP contribution in [0.15, 0.2) is 18.2 Å². The summed E-state index contributed by atoms with van der Waals surface area (Å²) < 4.78 is 5.38. The van der Waals surface area contributed by atoms with E-state index in [1.807, 2.05) is 0 Å². The number of benzene rings is 1. The molecule has 34 heavy (non-hydrogen) atoms. The molecule has 11 nitrogen and oxygen atoms in total. The molecule has 11 heteroatoms. The molecule has 1 fully saturated rings. The first-order chi connectivity index (χ1) is 16.4. The molecule has 1 atom stereocenters. The second-order valence-electron chi connectivity index (χ2n) is 8.23. The van der Waals surface area contributed by atoms with Gasteiger partial charge in [-0.2, -0.15) is 0 Å². The Hall–Kier alpha value is -3.31. The molecule has 2 aliphatic heterocycles. The standard InChI is InChI=1S/C23H31N5O6/c1-15(29)25-11-13-34-12-10-24-9-3-6-20(30)26-18-5-2-4-16-17(18)14-28(23(16)33)19-7-8-21(31)27-22(19)32/h2,4-5,19,24H,3,6-14H2,1H3,(H,25,29)(H,26,30)(H,27,31,32). The Morgan fingerprint density at radius 2 is 1.94 bits per heavy atom. The van der Waals surface area contributed by atoms with E-state index in [0.717, 1.165) is 0 Å². The zero-order valence-corrected chi connectivity index (χ0v) is 19.3. The third-order valence-electron chi connectivity index (χ3n) is 5.66. The van der Waals surface area contributed by atoms with Gasteiger partial charge in [0.25, 0.3) is 5.91 Å². The molecule has 0 saturated carbocycles. The van der Waals surface area contributed by atoms with Crippen LogP contribution < -0.4 is 21.3 Å². The van der Waals surface area contributed by atoms with Gasteiger partial charge in [0.2, 0.25) is 23.6 Å². The molecule has 4 N–H and O–H groups in total. The van der Waals surface area contributed by atoms with E-state index in [9.17, 15) is 24.0 Å². The van der Waals surface area contributed by atoms with Gasteiger partial charge in [-0.05, 0) is 31.5 Å². The first-order valence-electron chi connectivity index (χ1n) is 11.5. The third kappa shape index (κ3) is 6.84. The van der Waals surface area contributed by atoms with Crippen molar-refractivity contribution >= 4 is 35.2 Å². The van der Waals surface area contributed by atoms with Gasteiger partial charge >= 0.3 is 0 Å². The van der Waals surface area contributed by atoms with E-state index in [1.165, 1.54) is 11.8 Å². The van der Waals surface area contributed by atoms with Crippen molar-refractivity contribution in [2.45, 2.75) is 45.2 Å². The summed E-state index contributed by atoms with van der Waals surface area (Å²) in [7, 11) is 0. The fraction of sp³-hybridized carbons (Fsp3) is 0.522. The maximum absolute atomic E-state index is 12.9. The Bertz CT molecular complexity index is 950. The lowest BCUT2D eigenvalue weighted by Gasteiger charge is -2.29. The van der Waals surface area contributed by atoms with Gasteiger partial charge < -0.3 is 25.6 Å². The van der Waals surface area contributed by atoms with Gasteiger partial charge in [-0.3, -0.25) is 29.3 Å². The Morgan fingerprint density at radius 1 is 1.15 bits per heavy atom. The van der Waals surface area contributed by atoms with E-state index in [0.29, 0.717) is 68.9 Å². The summed E-state index contributed by atoms with van der Waals surface area (Å²) in [6.07, 6.45) is 1.43. The average Bonchev–Trinajstić information content (AvgIpc) is 3.12. The van der Waals surface area contributed by atoms with Crippen molar-refractivity contribution in [2.75, 3.05) is 38.2 Å². The molecule has 2 aliphatic rings. The van der Waals surface area contributed by atoms with Gasteiger partial charge in [0.05, 0.1) is 13.2 Å². The van der Waals surface area contributed by atoms with E-state index in [1.54, 1.807) is 18.2 Å². The second kappa shape index (κ2) is 12.2. The van der Waals surface area contributed by atoms with Gasteiger partial charge in [-0.25, -0.2) is 0 Å². The molecule has 1 aromatic carbocycles. The van der Waals surface area contributed by atoms with Crippen LogP contribution >= 0.6 is 0 Å². The van der Waals surface area contributed by atoms with E-state index >= 15 is 0 Å². The van der Waals surface area contributed by atoms with Crippen LogP contribution in [0.1, 0.15) is 48.5 Å². The molecule has 0 radical (unpaired) electrons. The van der Waals surface area contributed by atoms with Gasteiger partial charge in [0.1, 0.15) is 6.04 Å². The van der Waals surface area contributed by atoms with Gasteiger partial charge in [-0.15, -0.1) is 0 Å². The molecule has 1 aromatic rings. The van der Waals surface area contributed by atoms with Crippen molar-refractivity contribution in [1.82, 2.24) is 20.9 Å². The zero-order chi connectivity index (χ0) is 24.5. The number of nitrogens with one attached hydrogen (secondary N) is 4. The van der Waals surface area contributed by atoms with Gasteiger partial charge in [0.15, 0.2) is 0 Å². The lowest BCUT2D eigenvalue weighted by Crippen LogP contribution is -2.52. The monoisotopic (exact) mass is 473 g/mol. The van der Waals surface area contributed by atoms with Crippen molar-refractivity contribution in [3.8, 4) is 0 Å². The summed E-state index contributed by atoms with van der Waals surface area (Å²) in [6.45, 7) is 4.41. The number of ether oxygens (including phenoxy) is 1. The largest absolute Gasteiger partial charge is 0.378 e. The SMILES string of the molecule is CC(=O)NCCOCCNCCCC(=O)Nc1cccc2c1CN(C1CCC(=O)NC1=O)C2=O. The first kappa shape index (κ1) is 25.3. The molecule has 0 bridgehead atoms. The Kier molecular flexibility index (Phi) is 9.11. The zero-order valence-electron chi connectivity index (χ0n) is 19.3. The lowest BCUT2D eigenvalue weighted by atomic mass is 10.0. The van der Waals surface area contributed by atoms with Crippen LogP contribution in [-0.2, 0) is 30.5 Å². The number of amides is 5. The topological polar surface area (TPSA) is 146 Å². The van der Waals surface area contributed by atoms with Crippen molar-refractivity contribution in [3.63, 3.8) is 0 Å². The summed E-state index contributed by atoms with van der Waals surface area (Å²) in [6, 6.07) is 4.44. The maximum Gasteiger partial charge on any atom is 0.255 e. The predicted octanol–water partition coefficient (Wildman–Crippen LogP) is -0.0914. The highest BCUT2D eigenvalue weighted by Crippen LogP contribution is 2.32. The summed E-state index contributed by atoms with van der Waals surface area (Å²) in [5, 5.41) is 11.0. The number of hydrogen-bond donors (Lipinski definition) is 4. The molecule has 0 aliphatic carbocycles. The minimum absolute atomic E-state index is 0.0845. The van der Waals surface area contributed by atoms with E-state index in [2.05, 4.69) is 21.3 Å². The number of carbonyl (C=O) groups is 5. The van der Waals surface area contributed by atoms with E-state index in [4.69, 9.17) is 4.74 Å². The molecule has 184 valence electrons. The smallest absolute Gasteiger partial charge is 0.255 e. The molecular formula is C23H31N5O6. The maximum atomic E-state index is 12.9. The Morgan fingerprint density at radius 3 is 2.71 bits per heavy atom. The third-order valence-corrected chi connectivity index (χ3v) is 5.66. The Balaban J connectivity index is 1.40. The highest BCUT2D eigenvalue weighted by atomic mass is 16.5. The van der Waals surface area contributed by atoms with Crippen LogP contribution in [-0.4, -0.2) is 73.3 Å². The van der Waals surface area contributed by atoms with Crippen LogP contribution in [0.5, 0.6) is 0 Å². The molecular weight excluding hydrogens is 442 g/mol. The van der Waals surface area contributed by atoms with Crippen LogP contribution in [0.25, 0.3) is 0 Å². The van der Waals surface area contributed by atoms with E-state index < -0.39 is 11.9 Å². The van der Waals surface area contributed by atoms with Crippen LogP contribution in [0, 0.1) is 0 Å². The normalized spacial score (nSPS) is 17.4. The highest BCUT2D eigenvalue weighted by molar-refractivity contribution is 6.06. The van der Waals surface area contributed by atoms with Crippen LogP contribution in [0.4, 0.5) is 5.69 Å². The summed E-state index contributed by atoms with van der Waals surface area (Å²) in [5.74, 6) is -1.31. The fourth-order valence-electron chi connectivity index (χ4n) is 3.96. The van der Waals surface area contributed by atoms with E-state index in [-0.39, 0.29) is 36.6 Å². The molecule has 1 saturated heterocycles. The minimum Gasteiger partial charge on any atom is -0.378 e. The van der Waals surface area contributed by atoms with Crippen LogP contribution in [0.3, 0.4) is 0 Å². The molecule has 5 amide bonds. The molecule has 0 aromatic heterocycles. The molecule has 3 rings (SSSR count). The quantitative estimate of drug-likeness (QED) is 0.245. The first-order valence-corrected chi connectivity index (χ1v) is 11.5. The number of carbonyl (C=O) groups excluding carboxylic acids is 5. The predicted molar refractivity (Wildman–Crippen MR) is 123 cm³/mol. The van der Waals surface area contributed by atoms with Crippen LogP contribution in [0.2, 0.25) is 0 Å². The summed E-state index contributed by atoms with van der Waals surface area (Å²) in [4.78, 5) is 61.1. The van der Waals surface area contributed by atoms with Crippen molar-refractivity contribution in [1.29, 1.82) is 0 Å². The molecule has 1 unspecified atom stereocenters. The number of fused-ring (bicyclic) bond motifs is 1. The molecule has 2 heterocycles. The number of imide groups is 1. The van der Waals surface area contributed by atoms with Gasteiger partial charge in [-0.1, -0.05) is 6.07 Å². The average molecular weight is 474 g/mol. The molecule has 0 spiro atoms. The van der Waals surface area contributed by atoms with Crippen molar-refractivity contribution in [3.05, 3.63) is 29.3 Å². The second-order valence-corrected chi connectivity index (χ2v) is 8.23. The number of hydrogen-bond acceptors (Lipinski definition) is 7. The number of nitrogens with zero attached hydrogens (tertiary/aromatic N) is 1. The lowest BCUT2D eigenvalue weighted by molar-refractivity contribution is -0.137. The fourth-order valence-corrected chi connectivity index (χ4v) is 3.96. The van der Waals surface area contributed by atoms with Crippen molar-refractivity contribution in [2.24, 2.45) is 0 Å². The Labute approximate surface area is 198 Å². The summed E-state index contributed by atoms with van der Waals surface area (Å²) in [5.41, 5.74) is 1.70. The summed E-state index contributed by atoms with van der Waals surface area (Å²) >= 11 is 0. The number of anilines is 1. The minimum atomic E-state index is -0.693. The van der Waals surface area contributed by atoms with Crippen molar-refractivity contribution < 1.29 is 28.7 Å². The number of rotatable bonds is 12. The van der Waals surface area contributed by atoms with Gasteiger partial charge in [0, 0.05) is 56.2 Å². The highest BCUT2D eigenvalue weighted by Gasteiger charge is 2.39.